The Kier molecular flexibility index (Phi) is 8.05. The summed E-state index contributed by atoms with van der Waals surface area (Å²) in [5.41, 5.74) is 0.689. The molecule has 0 heterocycles. The number of carbonyl (C=O) groups excluding carboxylic acids is 1. The number of hydrogen-bond donors (Lipinski definition) is 0. The number of para-hydroxylation sites is 1. The number of isocyanates is 1. The van der Waals surface area contributed by atoms with Crippen LogP contribution in [-0.2, 0) is 4.79 Å². The lowest BCUT2D eigenvalue weighted by Crippen LogP contribution is -2.04. The molecule has 0 unspecified atom stereocenters. The summed E-state index contributed by atoms with van der Waals surface area (Å²) in [5, 5.41) is 0. The molecule has 0 saturated heterocycles. The van der Waals surface area contributed by atoms with E-state index in [-0.39, 0.29) is 4.75 Å². The molecule has 94 valence electrons. The zero-order chi connectivity index (χ0) is 13.3. The molecule has 0 aromatic heterocycles. The van der Waals surface area contributed by atoms with Crippen molar-refractivity contribution in [3.63, 3.8) is 0 Å². The Hall–Kier alpha value is -0.700. The van der Waals surface area contributed by atoms with E-state index >= 15 is 0 Å². The predicted molar refractivity (Wildman–Crippen MR) is 78.8 cm³/mol. The van der Waals surface area contributed by atoms with Gasteiger partial charge in [-0.2, -0.15) is 4.99 Å². The first-order valence-electron chi connectivity index (χ1n) is 5.55. The molecular formula is C13H19NOS2. The number of nitrogens with zero attached hydrogens (tertiary/aromatic N) is 1. The SMILES string of the molecule is CC.CC(C)(C)SSc1ccccc1N=C=O. The van der Waals surface area contributed by atoms with Gasteiger partial charge in [-0.1, -0.05) is 68.3 Å². The summed E-state index contributed by atoms with van der Waals surface area (Å²) in [5.74, 6) is 0. The van der Waals surface area contributed by atoms with E-state index in [1.54, 1.807) is 27.7 Å². The van der Waals surface area contributed by atoms with Crippen LogP contribution in [0, 0.1) is 0 Å². The summed E-state index contributed by atoms with van der Waals surface area (Å²) in [6, 6.07) is 7.58. The van der Waals surface area contributed by atoms with E-state index in [9.17, 15) is 4.79 Å². The molecule has 1 aromatic rings. The lowest BCUT2D eigenvalue weighted by atomic mass is 10.3. The minimum absolute atomic E-state index is 0.183. The van der Waals surface area contributed by atoms with Gasteiger partial charge in [0.2, 0.25) is 6.08 Å². The van der Waals surface area contributed by atoms with Crippen molar-refractivity contribution < 1.29 is 4.79 Å². The molecule has 0 saturated carbocycles. The van der Waals surface area contributed by atoms with E-state index in [0.29, 0.717) is 5.69 Å². The third-order valence-corrected chi connectivity index (χ3v) is 4.81. The highest BCUT2D eigenvalue weighted by Crippen LogP contribution is 2.43. The van der Waals surface area contributed by atoms with Crippen molar-refractivity contribution in [1.29, 1.82) is 0 Å². The highest BCUT2D eigenvalue weighted by atomic mass is 33.1. The second-order valence-electron chi connectivity index (χ2n) is 3.95. The van der Waals surface area contributed by atoms with Crippen molar-refractivity contribution in [2.75, 3.05) is 0 Å². The summed E-state index contributed by atoms with van der Waals surface area (Å²) >= 11 is 0. The van der Waals surface area contributed by atoms with Gasteiger partial charge in [0, 0.05) is 9.64 Å². The van der Waals surface area contributed by atoms with Crippen LogP contribution in [0.2, 0.25) is 0 Å². The van der Waals surface area contributed by atoms with Crippen LogP contribution in [0.5, 0.6) is 0 Å². The Labute approximate surface area is 112 Å². The van der Waals surface area contributed by atoms with E-state index in [1.807, 2.05) is 38.1 Å². The molecule has 17 heavy (non-hydrogen) atoms. The summed E-state index contributed by atoms with van der Waals surface area (Å²) in [7, 11) is 3.39. The molecule has 0 amide bonds. The van der Waals surface area contributed by atoms with Gasteiger partial charge in [0.05, 0.1) is 5.69 Å². The largest absolute Gasteiger partial charge is 0.240 e. The number of benzene rings is 1. The van der Waals surface area contributed by atoms with E-state index in [4.69, 9.17) is 0 Å². The maximum atomic E-state index is 10.2. The van der Waals surface area contributed by atoms with Crippen LogP contribution in [0.3, 0.4) is 0 Å². The molecule has 0 bridgehead atoms. The van der Waals surface area contributed by atoms with Gasteiger partial charge < -0.3 is 0 Å². The second-order valence-corrected chi connectivity index (χ2v) is 6.95. The van der Waals surface area contributed by atoms with Crippen LogP contribution in [0.25, 0.3) is 0 Å². The second kappa shape index (κ2) is 8.40. The van der Waals surface area contributed by atoms with Gasteiger partial charge in [0.25, 0.3) is 0 Å². The van der Waals surface area contributed by atoms with Crippen molar-refractivity contribution in [3.8, 4) is 0 Å². The normalized spacial score (nSPS) is 9.94. The molecule has 1 rings (SSSR count). The predicted octanol–water partition coefficient (Wildman–Crippen LogP) is 5.22. The molecule has 0 aliphatic carbocycles. The minimum Gasteiger partial charge on any atom is -0.211 e. The Balaban J connectivity index is 0.00000121. The Morgan fingerprint density at radius 1 is 1.18 bits per heavy atom. The molecule has 1 aromatic carbocycles. The Morgan fingerprint density at radius 2 is 1.76 bits per heavy atom. The molecule has 0 fully saturated rings. The topological polar surface area (TPSA) is 29.4 Å². The van der Waals surface area contributed by atoms with Crippen LogP contribution in [0.4, 0.5) is 5.69 Å². The quantitative estimate of drug-likeness (QED) is 0.428. The summed E-state index contributed by atoms with van der Waals surface area (Å²) in [6.45, 7) is 10.4. The average Bonchev–Trinajstić information content (AvgIpc) is 2.30. The Bertz CT molecular complexity index is 379. The molecule has 0 atom stereocenters. The highest BCUT2D eigenvalue weighted by molar-refractivity contribution is 8.77. The van der Waals surface area contributed by atoms with Crippen LogP contribution in [-0.4, -0.2) is 10.8 Å². The number of hydrogen-bond acceptors (Lipinski definition) is 4. The standard InChI is InChI=1S/C11H13NOS2.C2H6/c1-11(2,3)15-14-10-7-5-4-6-9(10)12-8-13;1-2/h4-7H,1-3H3;1-2H3. The number of aliphatic imine (C=N–C) groups is 1. The molecule has 0 N–H and O–H groups in total. The minimum atomic E-state index is 0.183. The van der Waals surface area contributed by atoms with Gasteiger partial charge in [0.15, 0.2) is 0 Å². The van der Waals surface area contributed by atoms with Gasteiger partial charge >= 0.3 is 0 Å². The maximum absolute atomic E-state index is 10.2. The summed E-state index contributed by atoms with van der Waals surface area (Å²) in [4.78, 5) is 14.9. The molecule has 0 aliphatic heterocycles. The zero-order valence-electron chi connectivity index (χ0n) is 11.0. The molecule has 4 heteroatoms. The fourth-order valence-corrected chi connectivity index (χ4v) is 2.95. The summed E-state index contributed by atoms with van der Waals surface area (Å²) in [6.07, 6.45) is 1.57. The first kappa shape index (κ1) is 16.3. The van der Waals surface area contributed by atoms with E-state index in [2.05, 4.69) is 25.8 Å². The fourth-order valence-electron chi connectivity index (χ4n) is 0.839. The first-order valence-corrected chi connectivity index (χ1v) is 7.70. The van der Waals surface area contributed by atoms with Gasteiger partial charge in [-0.15, -0.1) is 0 Å². The van der Waals surface area contributed by atoms with Crippen LogP contribution < -0.4 is 0 Å². The van der Waals surface area contributed by atoms with Crippen molar-refractivity contribution in [2.24, 2.45) is 4.99 Å². The monoisotopic (exact) mass is 269 g/mol. The van der Waals surface area contributed by atoms with Gasteiger partial charge in [-0.3, -0.25) is 0 Å². The maximum Gasteiger partial charge on any atom is 0.240 e. The third kappa shape index (κ3) is 7.27. The third-order valence-electron chi connectivity index (χ3n) is 1.41. The van der Waals surface area contributed by atoms with Gasteiger partial charge in [-0.25, -0.2) is 4.79 Å². The molecular weight excluding hydrogens is 250 g/mol. The van der Waals surface area contributed by atoms with E-state index in [1.165, 1.54) is 0 Å². The molecule has 0 spiro atoms. The zero-order valence-corrected chi connectivity index (χ0v) is 12.6. The first-order chi connectivity index (χ1) is 8.03. The van der Waals surface area contributed by atoms with Crippen LogP contribution in [0.1, 0.15) is 34.6 Å². The number of rotatable bonds is 3. The average molecular weight is 269 g/mol. The van der Waals surface area contributed by atoms with E-state index in [0.717, 1.165) is 4.90 Å². The van der Waals surface area contributed by atoms with Gasteiger partial charge in [-0.05, 0) is 12.1 Å². The molecule has 0 aliphatic rings. The highest BCUT2D eigenvalue weighted by Gasteiger charge is 2.12. The molecule has 2 nitrogen and oxygen atoms in total. The Morgan fingerprint density at radius 3 is 2.29 bits per heavy atom. The van der Waals surface area contributed by atoms with E-state index < -0.39 is 0 Å². The van der Waals surface area contributed by atoms with Crippen molar-refractivity contribution in [2.45, 2.75) is 44.3 Å². The van der Waals surface area contributed by atoms with Crippen molar-refractivity contribution >= 4 is 33.4 Å². The molecule has 0 radical (unpaired) electrons. The lowest BCUT2D eigenvalue weighted by molar-refractivity contribution is 0.565. The van der Waals surface area contributed by atoms with Crippen LogP contribution >= 0.6 is 21.6 Å². The smallest absolute Gasteiger partial charge is 0.211 e. The fraction of sp³-hybridized carbons (Fsp3) is 0.462. The van der Waals surface area contributed by atoms with Crippen molar-refractivity contribution in [1.82, 2.24) is 0 Å². The summed E-state index contributed by atoms with van der Waals surface area (Å²) < 4.78 is 0.183. The van der Waals surface area contributed by atoms with Crippen LogP contribution in [0.15, 0.2) is 34.2 Å². The lowest BCUT2D eigenvalue weighted by Gasteiger charge is -2.16. The van der Waals surface area contributed by atoms with Gasteiger partial charge in [0.1, 0.15) is 0 Å². The van der Waals surface area contributed by atoms with Crippen molar-refractivity contribution in [3.05, 3.63) is 24.3 Å².